The summed E-state index contributed by atoms with van der Waals surface area (Å²) in [5.74, 6) is 0.442. The highest BCUT2D eigenvalue weighted by Gasteiger charge is 2.15. The highest BCUT2D eigenvalue weighted by molar-refractivity contribution is 9.10. The minimum absolute atomic E-state index is 0.335. The summed E-state index contributed by atoms with van der Waals surface area (Å²) in [7, 11) is 0. The lowest BCUT2D eigenvalue weighted by atomic mass is 10.1. The molecule has 2 N–H and O–H groups in total. The van der Waals surface area contributed by atoms with Gasteiger partial charge in [0.25, 0.3) is 0 Å². The van der Waals surface area contributed by atoms with Gasteiger partial charge in [-0.3, -0.25) is 0 Å². The summed E-state index contributed by atoms with van der Waals surface area (Å²) < 4.78 is 20.3. The Bertz CT molecular complexity index is 604. The molecule has 0 aliphatic rings. The van der Waals surface area contributed by atoms with Crippen LogP contribution in [0.4, 0.5) is 4.39 Å². The van der Waals surface area contributed by atoms with Gasteiger partial charge in [0.05, 0.1) is 5.02 Å². The van der Waals surface area contributed by atoms with Crippen LogP contribution < -0.4 is 10.5 Å². The molecule has 100 valence electrons. The van der Waals surface area contributed by atoms with E-state index in [1.807, 2.05) is 0 Å². The Kier molecular flexibility index (Phi) is 4.45. The molecule has 0 bridgehead atoms. The molecule has 0 saturated heterocycles. The SMILES string of the molecule is C[C@@H](N)c1c(F)cccc1Oc1ccc(Br)cc1Cl. The van der Waals surface area contributed by atoms with Crippen molar-refractivity contribution in [1.82, 2.24) is 0 Å². The van der Waals surface area contributed by atoms with Crippen LogP contribution in [-0.4, -0.2) is 0 Å². The van der Waals surface area contributed by atoms with Gasteiger partial charge in [0.15, 0.2) is 0 Å². The second-order valence-corrected chi connectivity index (χ2v) is 5.44. The van der Waals surface area contributed by atoms with Gasteiger partial charge in [-0.05, 0) is 37.3 Å². The molecular weight excluding hydrogens is 333 g/mol. The molecule has 0 aliphatic heterocycles. The number of ether oxygens (including phenoxy) is 1. The van der Waals surface area contributed by atoms with Crippen LogP contribution in [0, 0.1) is 5.82 Å². The van der Waals surface area contributed by atoms with Crippen LogP contribution in [0.1, 0.15) is 18.5 Å². The molecule has 0 fully saturated rings. The number of rotatable bonds is 3. The van der Waals surface area contributed by atoms with Crippen LogP contribution in [0.2, 0.25) is 5.02 Å². The average molecular weight is 345 g/mol. The lowest BCUT2D eigenvalue weighted by molar-refractivity contribution is 0.461. The molecule has 2 nitrogen and oxygen atoms in total. The number of halogens is 3. The van der Waals surface area contributed by atoms with Gasteiger partial charge in [-0.25, -0.2) is 4.39 Å². The van der Waals surface area contributed by atoms with Gasteiger partial charge in [-0.1, -0.05) is 33.6 Å². The predicted molar refractivity (Wildman–Crippen MR) is 78.2 cm³/mol. The fourth-order valence-electron chi connectivity index (χ4n) is 1.72. The Morgan fingerprint density at radius 3 is 2.63 bits per heavy atom. The molecule has 19 heavy (non-hydrogen) atoms. The van der Waals surface area contributed by atoms with E-state index in [1.54, 1.807) is 37.3 Å². The summed E-state index contributed by atoms with van der Waals surface area (Å²) in [6.45, 7) is 1.70. The first kappa shape index (κ1) is 14.3. The molecule has 0 radical (unpaired) electrons. The smallest absolute Gasteiger partial charge is 0.146 e. The Balaban J connectivity index is 2.41. The fraction of sp³-hybridized carbons (Fsp3) is 0.143. The fourth-order valence-corrected chi connectivity index (χ4v) is 2.44. The van der Waals surface area contributed by atoms with Crippen molar-refractivity contribution < 1.29 is 9.13 Å². The molecule has 0 unspecified atom stereocenters. The van der Waals surface area contributed by atoms with Crippen LogP contribution in [0.3, 0.4) is 0 Å². The van der Waals surface area contributed by atoms with E-state index < -0.39 is 6.04 Å². The van der Waals surface area contributed by atoms with E-state index in [1.165, 1.54) is 6.07 Å². The molecule has 0 aromatic heterocycles. The van der Waals surface area contributed by atoms with Crippen LogP contribution >= 0.6 is 27.5 Å². The van der Waals surface area contributed by atoms with Gasteiger partial charge in [-0.15, -0.1) is 0 Å². The molecule has 2 rings (SSSR count). The summed E-state index contributed by atoms with van der Waals surface area (Å²) in [6.07, 6.45) is 0. The van der Waals surface area contributed by atoms with Crippen molar-refractivity contribution in [3.63, 3.8) is 0 Å². The van der Waals surface area contributed by atoms with Crippen LogP contribution in [0.5, 0.6) is 11.5 Å². The quantitative estimate of drug-likeness (QED) is 0.845. The van der Waals surface area contributed by atoms with E-state index in [-0.39, 0.29) is 5.82 Å². The van der Waals surface area contributed by atoms with E-state index in [4.69, 9.17) is 22.1 Å². The first-order chi connectivity index (χ1) is 8.99. The van der Waals surface area contributed by atoms with Crippen molar-refractivity contribution in [2.45, 2.75) is 13.0 Å². The maximum Gasteiger partial charge on any atom is 0.146 e. The second-order valence-electron chi connectivity index (χ2n) is 4.12. The Morgan fingerprint density at radius 2 is 2.00 bits per heavy atom. The monoisotopic (exact) mass is 343 g/mol. The number of nitrogens with two attached hydrogens (primary N) is 1. The van der Waals surface area contributed by atoms with Gasteiger partial charge < -0.3 is 10.5 Å². The topological polar surface area (TPSA) is 35.2 Å². The van der Waals surface area contributed by atoms with E-state index >= 15 is 0 Å². The first-order valence-electron chi connectivity index (χ1n) is 5.66. The largest absolute Gasteiger partial charge is 0.455 e. The average Bonchev–Trinajstić information content (AvgIpc) is 2.32. The molecule has 0 aliphatic carbocycles. The molecule has 2 aromatic rings. The lowest BCUT2D eigenvalue weighted by Crippen LogP contribution is -2.09. The highest BCUT2D eigenvalue weighted by Crippen LogP contribution is 2.35. The third-order valence-electron chi connectivity index (χ3n) is 2.58. The summed E-state index contributed by atoms with van der Waals surface area (Å²) in [5, 5.41) is 0.439. The summed E-state index contributed by atoms with van der Waals surface area (Å²) in [6, 6.07) is 9.35. The van der Waals surface area contributed by atoms with Gasteiger partial charge in [0.1, 0.15) is 17.3 Å². The van der Waals surface area contributed by atoms with Gasteiger partial charge in [0.2, 0.25) is 0 Å². The van der Waals surface area contributed by atoms with Gasteiger partial charge in [-0.2, -0.15) is 0 Å². The van der Waals surface area contributed by atoms with Crippen molar-refractivity contribution in [2.75, 3.05) is 0 Å². The standard InChI is InChI=1S/C14H12BrClFNO/c1-8(18)14-11(17)3-2-4-13(14)19-12-6-5-9(15)7-10(12)16/h2-8H,18H2,1H3/t8-/m1/s1. The van der Waals surface area contributed by atoms with Gasteiger partial charge >= 0.3 is 0 Å². The zero-order valence-corrected chi connectivity index (χ0v) is 12.5. The van der Waals surface area contributed by atoms with Crippen LogP contribution in [-0.2, 0) is 0 Å². The van der Waals surface area contributed by atoms with Crippen molar-refractivity contribution in [3.8, 4) is 11.5 Å². The molecule has 0 amide bonds. The molecule has 2 aromatic carbocycles. The minimum atomic E-state index is -0.467. The van der Waals surface area contributed by atoms with E-state index in [2.05, 4.69) is 15.9 Å². The molecule has 0 saturated carbocycles. The van der Waals surface area contributed by atoms with Gasteiger partial charge in [0, 0.05) is 16.1 Å². The maximum absolute atomic E-state index is 13.8. The summed E-state index contributed by atoms with van der Waals surface area (Å²) >= 11 is 9.38. The van der Waals surface area contributed by atoms with Crippen LogP contribution in [0.25, 0.3) is 0 Å². The predicted octanol–water partition coefficient (Wildman–Crippen LogP) is 5.05. The molecule has 1 atom stereocenters. The molecule has 0 spiro atoms. The zero-order chi connectivity index (χ0) is 14.0. The summed E-state index contributed by atoms with van der Waals surface area (Å²) in [5.41, 5.74) is 6.11. The molecular formula is C14H12BrClFNO. The first-order valence-corrected chi connectivity index (χ1v) is 6.83. The van der Waals surface area contributed by atoms with Crippen molar-refractivity contribution >= 4 is 27.5 Å². The van der Waals surface area contributed by atoms with E-state index in [0.717, 1.165) is 4.47 Å². The Labute approximate surface area is 124 Å². The third kappa shape index (κ3) is 3.26. The minimum Gasteiger partial charge on any atom is -0.455 e. The third-order valence-corrected chi connectivity index (χ3v) is 3.37. The number of hydrogen-bond donors (Lipinski definition) is 1. The molecule has 5 heteroatoms. The summed E-state index contributed by atoms with van der Waals surface area (Å²) in [4.78, 5) is 0. The normalized spacial score (nSPS) is 12.3. The zero-order valence-electron chi connectivity index (χ0n) is 10.2. The Hall–Kier alpha value is -1.10. The van der Waals surface area contributed by atoms with E-state index in [0.29, 0.717) is 22.1 Å². The second kappa shape index (κ2) is 5.90. The highest BCUT2D eigenvalue weighted by atomic mass is 79.9. The maximum atomic E-state index is 13.8. The van der Waals surface area contributed by atoms with Crippen molar-refractivity contribution in [1.29, 1.82) is 0 Å². The molecule has 0 heterocycles. The number of benzene rings is 2. The lowest BCUT2D eigenvalue weighted by Gasteiger charge is -2.15. The van der Waals surface area contributed by atoms with Crippen molar-refractivity contribution in [2.24, 2.45) is 5.73 Å². The Morgan fingerprint density at radius 1 is 1.26 bits per heavy atom. The van der Waals surface area contributed by atoms with E-state index in [9.17, 15) is 4.39 Å². The van der Waals surface area contributed by atoms with Crippen LogP contribution in [0.15, 0.2) is 40.9 Å². The number of hydrogen-bond acceptors (Lipinski definition) is 2. The van der Waals surface area contributed by atoms with Crippen molar-refractivity contribution in [3.05, 3.63) is 57.3 Å².